The van der Waals surface area contributed by atoms with E-state index < -0.39 is 0 Å². The largest absolute Gasteiger partial charge is 0.457 e. The Kier molecular flexibility index (Phi) is 6.96. The number of benzene rings is 2. The third kappa shape index (κ3) is 4.88. The molecule has 2 aliphatic rings. The predicted octanol–water partition coefficient (Wildman–Crippen LogP) is 8.14. The maximum absolute atomic E-state index is 13.6. The van der Waals surface area contributed by atoms with Crippen LogP contribution in [0.25, 0.3) is 17.4 Å². The van der Waals surface area contributed by atoms with Crippen LogP contribution in [0.3, 0.4) is 0 Å². The van der Waals surface area contributed by atoms with Crippen LogP contribution in [0.5, 0.6) is 0 Å². The van der Waals surface area contributed by atoms with Gasteiger partial charge < -0.3 is 14.6 Å². The molecule has 34 heavy (non-hydrogen) atoms. The Bertz CT molecular complexity index is 1210. The molecule has 176 valence electrons. The standard InChI is InChI=1S/C27H26Cl2N2O2S/c1-17-7-5-6-10-23(17)31-26(32)25(34-27(31)30-19-8-3-2-4-9-19)16-20-12-14-24(33-20)21-15-18(28)11-13-22(21)29/h2-4,8-9,11-17,23,27,30H,5-7,10H2,1H3/b25-16-/t17-,23+,27?/m1/s1. The number of nitrogens with zero attached hydrogens (tertiary/aromatic N) is 1. The van der Waals surface area contributed by atoms with Gasteiger partial charge in [-0.15, -0.1) is 0 Å². The van der Waals surface area contributed by atoms with Crippen molar-refractivity contribution in [2.75, 3.05) is 5.32 Å². The van der Waals surface area contributed by atoms with Gasteiger partial charge in [-0.1, -0.05) is 72.9 Å². The second-order valence-electron chi connectivity index (χ2n) is 8.86. The summed E-state index contributed by atoms with van der Waals surface area (Å²) in [4.78, 5) is 16.4. The lowest BCUT2D eigenvalue weighted by Gasteiger charge is -2.39. The number of hydrogen-bond donors (Lipinski definition) is 1. The van der Waals surface area contributed by atoms with Crippen molar-refractivity contribution >= 4 is 52.6 Å². The second kappa shape index (κ2) is 10.1. The number of nitrogens with one attached hydrogen (secondary N) is 1. The van der Waals surface area contributed by atoms with E-state index in [1.54, 1.807) is 30.0 Å². The van der Waals surface area contributed by atoms with Gasteiger partial charge >= 0.3 is 0 Å². The molecule has 1 unspecified atom stereocenters. The van der Waals surface area contributed by atoms with Crippen LogP contribution in [0.15, 0.2) is 70.0 Å². The third-order valence-corrected chi connectivity index (χ3v) is 8.20. The fourth-order valence-electron chi connectivity index (χ4n) is 4.76. The van der Waals surface area contributed by atoms with E-state index in [2.05, 4.69) is 12.2 Å². The summed E-state index contributed by atoms with van der Waals surface area (Å²) in [6.45, 7) is 2.26. The maximum Gasteiger partial charge on any atom is 0.263 e. The molecule has 2 fully saturated rings. The van der Waals surface area contributed by atoms with Crippen molar-refractivity contribution in [1.82, 2.24) is 4.90 Å². The number of hydrogen-bond acceptors (Lipinski definition) is 4. The Morgan fingerprint density at radius 2 is 1.85 bits per heavy atom. The van der Waals surface area contributed by atoms with E-state index >= 15 is 0 Å². The Morgan fingerprint density at radius 1 is 1.06 bits per heavy atom. The van der Waals surface area contributed by atoms with Crippen LogP contribution < -0.4 is 5.32 Å². The first-order chi connectivity index (χ1) is 16.5. The van der Waals surface area contributed by atoms with E-state index in [0.29, 0.717) is 32.4 Å². The number of para-hydroxylation sites is 1. The van der Waals surface area contributed by atoms with Gasteiger partial charge in [-0.2, -0.15) is 0 Å². The zero-order chi connectivity index (χ0) is 23.7. The van der Waals surface area contributed by atoms with Gasteiger partial charge in [0.1, 0.15) is 11.5 Å². The summed E-state index contributed by atoms with van der Waals surface area (Å²) >= 11 is 14.0. The monoisotopic (exact) mass is 512 g/mol. The summed E-state index contributed by atoms with van der Waals surface area (Å²) < 4.78 is 6.05. The first kappa shape index (κ1) is 23.4. The first-order valence-electron chi connectivity index (χ1n) is 11.6. The molecule has 4 nitrogen and oxygen atoms in total. The van der Waals surface area contributed by atoms with Crippen molar-refractivity contribution in [3.05, 3.63) is 81.4 Å². The number of anilines is 1. The second-order valence-corrected chi connectivity index (χ2v) is 10.8. The fraction of sp³-hybridized carbons (Fsp3) is 0.296. The van der Waals surface area contributed by atoms with Gasteiger partial charge in [-0.05, 0) is 61.2 Å². The van der Waals surface area contributed by atoms with Crippen LogP contribution in [0, 0.1) is 5.92 Å². The third-order valence-electron chi connectivity index (χ3n) is 6.52. The van der Waals surface area contributed by atoms with Crippen LogP contribution in [0.2, 0.25) is 10.0 Å². The van der Waals surface area contributed by atoms with Crippen LogP contribution in [0.1, 0.15) is 38.4 Å². The normalized spacial score (nSPS) is 24.1. The smallest absolute Gasteiger partial charge is 0.263 e. The molecule has 7 heteroatoms. The minimum absolute atomic E-state index is 0.0518. The highest BCUT2D eigenvalue weighted by molar-refractivity contribution is 8.05. The SMILES string of the molecule is C[C@@H]1CCCC[C@@H]1N1C(=O)/C(=C/c2ccc(-c3cc(Cl)ccc3Cl)o2)SC1Nc1ccccc1. The van der Waals surface area contributed by atoms with Crippen LogP contribution in [-0.2, 0) is 4.79 Å². The number of rotatable bonds is 5. The minimum atomic E-state index is -0.163. The highest BCUT2D eigenvalue weighted by Crippen LogP contribution is 2.42. The van der Waals surface area contributed by atoms with Crippen molar-refractivity contribution in [3.8, 4) is 11.3 Å². The van der Waals surface area contributed by atoms with Gasteiger partial charge in [-0.25, -0.2) is 0 Å². The lowest BCUT2D eigenvalue weighted by Crippen LogP contribution is -2.48. The number of thioether (sulfide) groups is 1. The summed E-state index contributed by atoms with van der Waals surface area (Å²) in [5.74, 6) is 1.75. The lowest BCUT2D eigenvalue weighted by atomic mass is 9.85. The molecule has 0 bridgehead atoms. The molecule has 0 radical (unpaired) electrons. The quantitative estimate of drug-likeness (QED) is 0.350. The number of furan rings is 1. The van der Waals surface area contributed by atoms with Gasteiger partial charge in [0.05, 0.1) is 9.93 Å². The molecule has 3 aromatic rings. The van der Waals surface area contributed by atoms with E-state index in [1.807, 2.05) is 53.4 Å². The predicted molar refractivity (Wildman–Crippen MR) is 142 cm³/mol. The summed E-state index contributed by atoms with van der Waals surface area (Å²) in [7, 11) is 0. The number of carbonyl (C=O) groups is 1. The molecule has 1 aromatic heterocycles. The van der Waals surface area contributed by atoms with Gasteiger partial charge in [0, 0.05) is 28.4 Å². The minimum Gasteiger partial charge on any atom is -0.457 e. The molecular weight excluding hydrogens is 487 g/mol. The van der Waals surface area contributed by atoms with Crippen molar-refractivity contribution in [2.45, 2.75) is 44.1 Å². The van der Waals surface area contributed by atoms with Crippen LogP contribution in [-0.4, -0.2) is 22.3 Å². The number of amides is 1. The molecule has 1 aliphatic carbocycles. The molecule has 1 saturated carbocycles. The molecule has 1 aliphatic heterocycles. The Hall–Kier alpha value is -2.34. The number of carbonyl (C=O) groups excluding carboxylic acids is 1. The van der Waals surface area contributed by atoms with Gasteiger partial charge in [0.15, 0.2) is 5.50 Å². The average molecular weight is 513 g/mol. The van der Waals surface area contributed by atoms with E-state index in [4.69, 9.17) is 27.6 Å². The van der Waals surface area contributed by atoms with Crippen LogP contribution >= 0.6 is 35.0 Å². The first-order valence-corrected chi connectivity index (χ1v) is 13.2. The molecule has 3 atom stereocenters. The molecule has 1 saturated heterocycles. The van der Waals surface area contributed by atoms with Crippen LogP contribution in [0.4, 0.5) is 5.69 Å². The molecule has 0 spiro atoms. The zero-order valence-electron chi connectivity index (χ0n) is 18.8. The average Bonchev–Trinajstić information content (AvgIpc) is 3.41. The highest BCUT2D eigenvalue weighted by atomic mass is 35.5. The van der Waals surface area contributed by atoms with E-state index in [-0.39, 0.29) is 17.4 Å². The summed E-state index contributed by atoms with van der Waals surface area (Å²) in [6, 6.07) is 19.3. The summed E-state index contributed by atoms with van der Waals surface area (Å²) in [5, 5.41) is 4.72. The van der Waals surface area contributed by atoms with E-state index in [9.17, 15) is 4.79 Å². The Labute approximate surface area is 214 Å². The maximum atomic E-state index is 13.6. The van der Waals surface area contributed by atoms with Gasteiger partial charge in [-0.3, -0.25) is 4.79 Å². The molecular formula is C27H26Cl2N2O2S. The van der Waals surface area contributed by atoms with Gasteiger partial charge in [0.25, 0.3) is 5.91 Å². The van der Waals surface area contributed by atoms with Crippen molar-refractivity contribution in [3.63, 3.8) is 0 Å². The molecule has 2 aromatic carbocycles. The molecule has 1 amide bonds. The molecule has 1 N–H and O–H groups in total. The van der Waals surface area contributed by atoms with Gasteiger partial charge in [0.2, 0.25) is 0 Å². The summed E-state index contributed by atoms with van der Waals surface area (Å²) in [6.07, 6.45) is 6.40. The molecule has 2 heterocycles. The Morgan fingerprint density at radius 3 is 2.65 bits per heavy atom. The van der Waals surface area contributed by atoms with Crippen molar-refractivity contribution in [2.24, 2.45) is 5.92 Å². The number of halogens is 2. The van der Waals surface area contributed by atoms with Crippen molar-refractivity contribution in [1.29, 1.82) is 0 Å². The fourth-order valence-corrected chi connectivity index (χ4v) is 6.33. The van der Waals surface area contributed by atoms with Crippen molar-refractivity contribution < 1.29 is 9.21 Å². The zero-order valence-corrected chi connectivity index (χ0v) is 21.2. The van der Waals surface area contributed by atoms with E-state index in [1.165, 1.54) is 6.42 Å². The Balaban J connectivity index is 1.44. The topological polar surface area (TPSA) is 45.5 Å². The lowest BCUT2D eigenvalue weighted by molar-refractivity contribution is -0.129. The van der Waals surface area contributed by atoms with E-state index in [0.717, 1.165) is 30.5 Å². The summed E-state index contributed by atoms with van der Waals surface area (Å²) in [5.41, 5.74) is 1.56. The molecule has 5 rings (SSSR count). The highest BCUT2D eigenvalue weighted by Gasteiger charge is 2.43.